The second kappa shape index (κ2) is 7.77. The fourth-order valence-corrected chi connectivity index (χ4v) is 3.66. The topological polar surface area (TPSA) is 75.4 Å². The standard InChI is InChI=1S/C15H27N3O2S/c1-5-8-18(6-2)9-7-17-21(19,20)15-11-14(16)10-12(3)13(15)4/h10-11,17H,5-9,16H2,1-4H3. The van der Waals surface area contributed by atoms with Gasteiger partial charge in [-0.15, -0.1) is 0 Å². The van der Waals surface area contributed by atoms with Gasteiger partial charge in [0, 0.05) is 18.8 Å². The van der Waals surface area contributed by atoms with Crippen molar-refractivity contribution in [3.63, 3.8) is 0 Å². The molecule has 0 fully saturated rings. The number of nitrogens with two attached hydrogens (primary N) is 1. The van der Waals surface area contributed by atoms with Gasteiger partial charge in [0.05, 0.1) is 4.90 Å². The van der Waals surface area contributed by atoms with Crippen LogP contribution in [0.2, 0.25) is 0 Å². The van der Waals surface area contributed by atoms with Crippen LogP contribution in [0.3, 0.4) is 0 Å². The SMILES string of the molecule is CCCN(CC)CCNS(=O)(=O)c1cc(N)cc(C)c1C. The molecule has 1 rings (SSSR count). The zero-order valence-electron chi connectivity index (χ0n) is 13.4. The van der Waals surface area contributed by atoms with Gasteiger partial charge in [0.15, 0.2) is 0 Å². The monoisotopic (exact) mass is 313 g/mol. The van der Waals surface area contributed by atoms with E-state index in [0.29, 0.717) is 18.8 Å². The van der Waals surface area contributed by atoms with E-state index in [2.05, 4.69) is 23.5 Å². The average molecular weight is 313 g/mol. The third-order valence-electron chi connectivity index (χ3n) is 3.64. The maximum atomic E-state index is 12.4. The Hall–Kier alpha value is -1.11. The number of nitrogens with one attached hydrogen (secondary N) is 1. The molecule has 0 aliphatic rings. The molecule has 0 aromatic heterocycles. The summed E-state index contributed by atoms with van der Waals surface area (Å²) in [6.07, 6.45) is 1.06. The van der Waals surface area contributed by atoms with Gasteiger partial charge < -0.3 is 10.6 Å². The van der Waals surface area contributed by atoms with Crippen molar-refractivity contribution in [3.8, 4) is 0 Å². The summed E-state index contributed by atoms with van der Waals surface area (Å²) in [4.78, 5) is 2.50. The normalized spacial score (nSPS) is 12.0. The summed E-state index contributed by atoms with van der Waals surface area (Å²) in [5.74, 6) is 0. The highest BCUT2D eigenvalue weighted by molar-refractivity contribution is 7.89. The molecule has 0 bridgehead atoms. The van der Waals surface area contributed by atoms with Crippen LogP contribution in [0.15, 0.2) is 17.0 Å². The summed E-state index contributed by atoms with van der Waals surface area (Å²) in [6, 6.07) is 3.31. The molecule has 6 heteroatoms. The van der Waals surface area contributed by atoms with Crippen molar-refractivity contribution in [3.05, 3.63) is 23.3 Å². The molecule has 0 saturated carbocycles. The first-order valence-electron chi connectivity index (χ1n) is 7.40. The summed E-state index contributed by atoms with van der Waals surface area (Å²) in [5, 5.41) is 0. The predicted molar refractivity (Wildman–Crippen MR) is 87.9 cm³/mol. The molecule has 0 atom stereocenters. The van der Waals surface area contributed by atoms with E-state index in [1.807, 2.05) is 6.92 Å². The molecule has 0 amide bonds. The smallest absolute Gasteiger partial charge is 0.240 e. The van der Waals surface area contributed by atoms with Crippen molar-refractivity contribution < 1.29 is 8.42 Å². The van der Waals surface area contributed by atoms with Crippen LogP contribution in [0.1, 0.15) is 31.4 Å². The van der Waals surface area contributed by atoms with Gasteiger partial charge in [-0.2, -0.15) is 0 Å². The Morgan fingerprint density at radius 1 is 1.19 bits per heavy atom. The van der Waals surface area contributed by atoms with Crippen LogP contribution >= 0.6 is 0 Å². The third-order valence-corrected chi connectivity index (χ3v) is 5.23. The molecule has 0 saturated heterocycles. The zero-order chi connectivity index (χ0) is 16.0. The van der Waals surface area contributed by atoms with Crippen LogP contribution < -0.4 is 10.5 Å². The Balaban J connectivity index is 2.79. The summed E-state index contributed by atoms with van der Waals surface area (Å²) in [5.41, 5.74) is 7.87. The summed E-state index contributed by atoms with van der Waals surface area (Å²) >= 11 is 0. The number of hydrogen-bond acceptors (Lipinski definition) is 4. The molecule has 5 nitrogen and oxygen atoms in total. The molecule has 1 aromatic carbocycles. The van der Waals surface area contributed by atoms with Crippen molar-refractivity contribution in [2.75, 3.05) is 31.9 Å². The molecule has 0 aliphatic heterocycles. The minimum absolute atomic E-state index is 0.276. The first-order valence-corrected chi connectivity index (χ1v) is 8.88. The number of rotatable bonds is 8. The second-order valence-corrected chi connectivity index (χ2v) is 7.03. The van der Waals surface area contributed by atoms with Gasteiger partial charge in [-0.1, -0.05) is 13.8 Å². The lowest BCUT2D eigenvalue weighted by molar-refractivity contribution is 0.293. The van der Waals surface area contributed by atoms with Gasteiger partial charge >= 0.3 is 0 Å². The fraction of sp³-hybridized carbons (Fsp3) is 0.600. The van der Waals surface area contributed by atoms with Crippen molar-refractivity contribution >= 4 is 15.7 Å². The first-order chi connectivity index (χ1) is 9.81. The van der Waals surface area contributed by atoms with E-state index in [0.717, 1.165) is 30.6 Å². The average Bonchev–Trinajstić information content (AvgIpc) is 2.41. The number of hydrogen-bond donors (Lipinski definition) is 2. The number of anilines is 1. The van der Waals surface area contributed by atoms with E-state index in [1.54, 1.807) is 13.0 Å². The lowest BCUT2D eigenvalue weighted by Gasteiger charge is -2.20. The Kier molecular flexibility index (Phi) is 6.64. The molecule has 0 radical (unpaired) electrons. The molecule has 0 aliphatic carbocycles. The number of nitrogens with zero attached hydrogens (tertiary/aromatic N) is 1. The Labute approximate surface area is 128 Å². The predicted octanol–water partition coefficient (Wildman–Crippen LogP) is 1.90. The van der Waals surface area contributed by atoms with Gasteiger partial charge in [0.2, 0.25) is 10.0 Å². The molecular formula is C15H27N3O2S. The van der Waals surface area contributed by atoms with Gasteiger partial charge in [-0.3, -0.25) is 0 Å². The Morgan fingerprint density at radius 2 is 1.86 bits per heavy atom. The molecule has 3 N–H and O–H groups in total. The van der Waals surface area contributed by atoms with Crippen LogP contribution in [0.4, 0.5) is 5.69 Å². The van der Waals surface area contributed by atoms with E-state index in [-0.39, 0.29) is 4.90 Å². The van der Waals surface area contributed by atoms with Crippen LogP contribution in [0.25, 0.3) is 0 Å². The van der Waals surface area contributed by atoms with Gasteiger partial charge in [-0.25, -0.2) is 13.1 Å². The number of aryl methyl sites for hydroxylation is 1. The van der Waals surface area contributed by atoms with E-state index in [1.165, 1.54) is 6.07 Å². The van der Waals surface area contributed by atoms with Crippen molar-refractivity contribution in [1.82, 2.24) is 9.62 Å². The largest absolute Gasteiger partial charge is 0.399 e. The summed E-state index contributed by atoms with van der Waals surface area (Å²) in [7, 11) is -3.51. The molecule has 21 heavy (non-hydrogen) atoms. The number of nitrogen functional groups attached to an aromatic ring is 1. The minimum Gasteiger partial charge on any atom is -0.399 e. The van der Waals surface area contributed by atoms with E-state index < -0.39 is 10.0 Å². The fourth-order valence-electron chi connectivity index (χ4n) is 2.29. The molecule has 0 spiro atoms. The van der Waals surface area contributed by atoms with Crippen molar-refractivity contribution in [2.24, 2.45) is 0 Å². The lowest BCUT2D eigenvalue weighted by Crippen LogP contribution is -2.35. The highest BCUT2D eigenvalue weighted by atomic mass is 32.2. The van der Waals surface area contributed by atoms with Crippen LogP contribution in [-0.2, 0) is 10.0 Å². The maximum Gasteiger partial charge on any atom is 0.240 e. The quantitative estimate of drug-likeness (QED) is 0.719. The maximum absolute atomic E-state index is 12.4. The number of sulfonamides is 1. The van der Waals surface area contributed by atoms with Gasteiger partial charge in [0.1, 0.15) is 0 Å². The minimum atomic E-state index is -3.51. The number of likely N-dealkylation sites (N-methyl/N-ethyl adjacent to an activating group) is 1. The lowest BCUT2D eigenvalue weighted by atomic mass is 10.1. The molecule has 0 heterocycles. The third kappa shape index (κ3) is 4.98. The van der Waals surface area contributed by atoms with E-state index in [4.69, 9.17) is 5.73 Å². The Morgan fingerprint density at radius 3 is 2.43 bits per heavy atom. The second-order valence-electron chi connectivity index (χ2n) is 5.29. The molecular weight excluding hydrogens is 286 g/mol. The zero-order valence-corrected chi connectivity index (χ0v) is 14.3. The first kappa shape index (κ1) is 17.9. The molecule has 1 aromatic rings. The highest BCUT2D eigenvalue weighted by Crippen LogP contribution is 2.22. The van der Waals surface area contributed by atoms with Gasteiger partial charge in [0.25, 0.3) is 0 Å². The highest BCUT2D eigenvalue weighted by Gasteiger charge is 2.18. The summed E-state index contributed by atoms with van der Waals surface area (Å²) < 4.78 is 27.5. The van der Waals surface area contributed by atoms with E-state index in [9.17, 15) is 8.42 Å². The Bertz CT molecular complexity index is 571. The van der Waals surface area contributed by atoms with Crippen LogP contribution in [0.5, 0.6) is 0 Å². The van der Waals surface area contributed by atoms with Crippen molar-refractivity contribution in [2.45, 2.75) is 39.0 Å². The molecule has 0 unspecified atom stereocenters. The van der Waals surface area contributed by atoms with Crippen LogP contribution in [-0.4, -0.2) is 39.5 Å². The van der Waals surface area contributed by atoms with Gasteiger partial charge in [-0.05, 0) is 56.6 Å². The summed E-state index contributed by atoms with van der Waals surface area (Å²) in [6.45, 7) is 10.9. The van der Waals surface area contributed by atoms with E-state index >= 15 is 0 Å². The van der Waals surface area contributed by atoms with Crippen molar-refractivity contribution in [1.29, 1.82) is 0 Å². The number of benzene rings is 1. The van der Waals surface area contributed by atoms with Crippen LogP contribution in [0, 0.1) is 13.8 Å². The molecule has 120 valence electrons.